The van der Waals surface area contributed by atoms with Crippen LogP contribution >= 0.6 is 27.3 Å². The standard InChI is InChI=1S/C13H7BrN4OS/c14-9-4-1-3-8(7-9)11-15-16-13-18(11)17-12(20-13)10-5-2-6-19-10/h1-7H. The third-order valence-electron chi connectivity index (χ3n) is 2.81. The Morgan fingerprint density at radius 3 is 2.90 bits per heavy atom. The molecule has 0 radical (unpaired) electrons. The maximum atomic E-state index is 5.36. The molecule has 5 nitrogen and oxygen atoms in total. The Balaban J connectivity index is 1.89. The lowest BCUT2D eigenvalue weighted by Crippen LogP contribution is -1.90. The second-order valence-electron chi connectivity index (χ2n) is 4.11. The first kappa shape index (κ1) is 11.8. The van der Waals surface area contributed by atoms with E-state index in [4.69, 9.17) is 4.42 Å². The first-order chi connectivity index (χ1) is 9.81. The summed E-state index contributed by atoms with van der Waals surface area (Å²) in [6.07, 6.45) is 1.63. The largest absolute Gasteiger partial charge is 0.462 e. The van der Waals surface area contributed by atoms with E-state index in [2.05, 4.69) is 31.2 Å². The molecule has 0 saturated carbocycles. The molecule has 3 heterocycles. The molecule has 0 saturated heterocycles. The van der Waals surface area contributed by atoms with Crippen molar-refractivity contribution in [2.75, 3.05) is 0 Å². The average molecular weight is 347 g/mol. The summed E-state index contributed by atoms with van der Waals surface area (Å²) in [5, 5.41) is 13.7. The first-order valence-electron chi connectivity index (χ1n) is 5.83. The van der Waals surface area contributed by atoms with E-state index in [9.17, 15) is 0 Å². The van der Waals surface area contributed by atoms with Gasteiger partial charge in [-0.25, -0.2) is 0 Å². The second kappa shape index (κ2) is 4.53. The van der Waals surface area contributed by atoms with Crippen LogP contribution in [0.1, 0.15) is 0 Å². The van der Waals surface area contributed by atoms with Crippen LogP contribution in [0.2, 0.25) is 0 Å². The topological polar surface area (TPSA) is 56.2 Å². The number of nitrogens with zero attached hydrogens (tertiary/aromatic N) is 4. The van der Waals surface area contributed by atoms with Crippen LogP contribution < -0.4 is 0 Å². The minimum absolute atomic E-state index is 0.718. The van der Waals surface area contributed by atoms with E-state index in [-0.39, 0.29) is 0 Å². The number of halogens is 1. The number of aromatic nitrogens is 4. The molecule has 1 aromatic carbocycles. The van der Waals surface area contributed by atoms with Crippen LogP contribution in [0.4, 0.5) is 0 Å². The van der Waals surface area contributed by atoms with E-state index in [1.54, 1.807) is 10.8 Å². The molecular weight excluding hydrogens is 340 g/mol. The average Bonchev–Trinajstić information content (AvgIpc) is 3.14. The second-order valence-corrected chi connectivity index (χ2v) is 5.98. The minimum atomic E-state index is 0.718. The molecule has 0 fully saturated rings. The fraction of sp³-hybridized carbons (Fsp3) is 0. The van der Waals surface area contributed by atoms with Crippen molar-refractivity contribution in [3.63, 3.8) is 0 Å². The van der Waals surface area contributed by atoms with Gasteiger partial charge in [0.15, 0.2) is 16.6 Å². The van der Waals surface area contributed by atoms with E-state index in [0.717, 1.165) is 31.6 Å². The van der Waals surface area contributed by atoms with Gasteiger partial charge in [-0.05, 0) is 24.3 Å². The number of rotatable bonds is 2. The molecule has 0 unspecified atom stereocenters. The molecule has 0 aliphatic heterocycles. The summed E-state index contributed by atoms with van der Waals surface area (Å²) in [6.45, 7) is 0. The minimum Gasteiger partial charge on any atom is -0.462 e. The van der Waals surface area contributed by atoms with Gasteiger partial charge in [0.1, 0.15) is 0 Å². The molecule has 3 aromatic heterocycles. The van der Waals surface area contributed by atoms with Gasteiger partial charge in [0, 0.05) is 10.0 Å². The van der Waals surface area contributed by atoms with Crippen LogP contribution in [0.15, 0.2) is 51.6 Å². The fourth-order valence-corrected chi connectivity index (χ4v) is 3.13. The van der Waals surface area contributed by atoms with Gasteiger partial charge >= 0.3 is 0 Å². The third kappa shape index (κ3) is 1.86. The maximum Gasteiger partial charge on any atom is 0.235 e. The van der Waals surface area contributed by atoms with Crippen molar-refractivity contribution in [2.24, 2.45) is 0 Å². The van der Waals surface area contributed by atoms with Gasteiger partial charge in [-0.2, -0.15) is 4.52 Å². The maximum absolute atomic E-state index is 5.36. The Hall–Kier alpha value is -1.99. The highest BCUT2D eigenvalue weighted by Gasteiger charge is 2.15. The summed E-state index contributed by atoms with van der Waals surface area (Å²) in [6, 6.07) is 11.6. The predicted octanol–water partition coefficient (Wildman–Crippen LogP) is 3.88. The number of furan rings is 1. The molecule has 4 aromatic rings. The molecule has 98 valence electrons. The summed E-state index contributed by atoms with van der Waals surface area (Å²) in [7, 11) is 0. The van der Waals surface area contributed by atoms with Crippen LogP contribution in [0.5, 0.6) is 0 Å². The van der Waals surface area contributed by atoms with Crippen LogP contribution in [-0.2, 0) is 0 Å². The quantitative estimate of drug-likeness (QED) is 0.552. The molecule has 4 rings (SSSR count). The molecule has 0 bridgehead atoms. The van der Waals surface area contributed by atoms with Gasteiger partial charge in [0.25, 0.3) is 0 Å². The zero-order chi connectivity index (χ0) is 13.5. The smallest absolute Gasteiger partial charge is 0.235 e. The van der Waals surface area contributed by atoms with Gasteiger partial charge in [-0.15, -0.1) is 15.3 Å². The lowest BCUT2D eigenvalue weighted by atomic mass is 10.2. The highest BCUT2D eigenvalue weighted by atomic mass is 79.9. The summed E-state index contributed by atoms with van der Waals surface area (Å²) in [5.41, 5.74) is 0.961. The predicted molar refractivity (Wildman–Crippen MR) is 79.5 cm³/mol. The number of benzene rings is 1. The van der Waals surface area contributed by atoms with Crippen molar-refractivity contribution in [3.8, 4) is 22.2 Å². The Morgan fingerprint density at radius 2 is 2.10 bits per heavy atom. The molecule has 0 aliphatic rings. The van der Waals surface area contributed by atoms with Gasteiger partial charge in [-0.1, -0.05) is 39.4 Å². The normalized spacial score (nSPS) is 11.2. The molecule has 0 N–H and O–H groups in total. The molecular formula is C13H7BrN4OS. The van der Waals surface area contributed by atoms with Gasteiger partial charge < -0.3 is 4.42 Å². The number of fused-ring (bicyclic) bond motifs is 1. The van der Waals surface area contributed by atoms with Crippen molar-refractivity contribution < 1.29 is 4.42 Å². The Bertz CT molecular complexity index is 881. The zero-order valence-corrected chi connectivity index (χ0v) is 12.4. The molecule has 0 spiro atoms. The lowest BCUT2D eigenvalue weighted by Gasteiger charge is -1.97. The molecule has 0 atom stereocenters. The summed E-state index contributed by atoms with van der Waals surface area (Å²) in [4.78, 5) is 0.742. The number of hydrogen-bond donors (Lipinski definition) is 0. The van der Waals surface area contributed by atoms with Gasteiger partial charge in [0.05, 0.1) is 6.26 Å². The van der Waals surface area contributed by atoms with E-state index in [1.165, 1.54) is 11.3 Å². The van der Waals surface area contributed by atoms with Crippen molar-refractivity contribution in [1.29, 1.82) is 0 Å². The SMILES string of the molecule is Brc1cccc(-c2nnc3sc(-c4ccco4)nn23)c1. The van der Waals surface area contributed by atoms with Crippen molar-refractivity contribution in [2.45, 2.75) is 0 Å². The Kier molecular flexibility index (Phi) is 2.68. The molecule has 0 amide bonds. The van der Waals surface area contributed by atoms with Crippen molar-refractivity contribution >= 4 is 32.2 Å². The summed E-state index contributed by atoms with van der Waals surface area (Å²) < 4.78 is 8.10. The summed E-state index contributed by atoms with van der Waals surface area (Å²) in [5.74, 6) is 1.45. The van der Waals surface area contributed by atoms with Crippen LogP contribution in [0.25, 0.3) is 27.1 Å². The zero-order valence-electron chi connectivity index (χ0n) is 10.0. The third-order valence-corrected chi connectivity index (χ3v) is 4.21. The fourth-order valence-electron chi connectivity index (χ4n) is 1.92. The van der Waals surface area contributed by atoms with Crippen LogP contribution in [-0.4, -0.2) is 19.8 Å². The summed E-state index contributed by atoms with van der Waals surface area (Å²) >= 11 is 4.91. The highest BCUT2D eigenvalue weighted by Crippen LogP contribution is 2.28. The van der Waals surface area contributed by atoms with Crippen LogP contribution in [0, 0.1) is 0 Å². The van der Waals surface area contributed by atoms with E-state index in [1.807, 2.05) is 36.4 Å². The molecule has 0 aliphatic carbocycles. The van der Waals surface area contributed by atoms with Crippen molar-refractivity contribution in [1.82, 2.24) is 19.8 Å². The first-order valence-corrected chi connectivity index (χ1v) is 7.44. The molecule has 20 heavy (non-hydrogen) atoms. The monoisotopic (exact) mass is 346 g/mol. The molecule has 7 heteroatoms. The Morgan fingerprint density at radius 1 is 1.15 bits per heavy atom. The van der Waals surface area contributed by atoms with E-state index >= 15 is 0 Å². The van der Waals surface area contributed by atoms with Gasteiger partial charge in [-0.3, -0.25) is 0 Å². The van der Waals surface area contributed by atoms with Gasteiger partial charge in [0.2, 0.25) is 4.96 Å². The van der Waals surface area contributed by atoms with Crippen LogP contribution in [0.3, 0.4) is 0 Å². The Labute approximate surface area is 126 Å². The highest BCUT2D eigenvalue weighted by molar-refractivity contribution is 9.10. The van der Waals surface area contributed by atoms with Crippen molar-refractivity contribution in [3.05, 3.63) is 47.1 Å². The van der Waals surface area contributed by atoms with E-state index < -0.39 is 0 Å². The lowest BCUT2D eigenvalue weighted by molar-refractivity contribution is 0.580. The number of hydrogen-bond acceptors (Lipinski definition) is 5. The van der Waals surface area contributed by atoms with E-state index in [0.29, 0.717) is 0 Å².